The summed E-state index contributed by atoms with van der Waals surface area (Å²) in [6.07, 6.45) is 5.19. The third-order valence-corrected chi connectivity index (χ3v) is 5.78. The van der Waals surface area contributed by atoms with Crippen LogP contribution < -0.4 is 5.32 Å². The summed E-state index contributed by atoms with van der Waals surface area (Å²) < 4.78 is 0. The predicted molar refractivity (Wildman–Crippen MR) is 95.9 cm³/mol. The van der Waals surface area contributed by atoms with E-state index in [4.69, 9.17) is 0 Å². The number of piperazine rings is 1. The number of carbonyl (C=O) groups excluding carboxylic acids is 1. The molecule has 24 heavy (non-hydrogen) atoms. The standard InChI is InChI=1S/C20H29N3O/c1-22-10-12-23(13-11-22)14-15-2-4-18(5-3-15)20(24)21-19(16-6-7-16)17-8-9-17/h2-5,16-17,19H,6-14H2,1H3,(H,21,24). The van der Waals surface area contributed by atoms with Crippen LogP contribution in [0, 0.1) is 11.8 Å². The van der Waals surface area contributed by atoms with E-state index in [0.29, 0.717) is 6.04 Å². The molecule has 130 valence electrons. The summed E-state index contributed by atoms with van der Waals surface area (Å²) in [5.41, 5.74) is 2.11. The third-order valence-electron chi connectivity index (χ3n) is 5.78. The van der Waals surface area contributed by atoms with Crippen molar-refractivity contribution in [2.75, 3.05) is 33.2 Å². The lowest BCUT2D eigenvalue weighted by Gasteiger charge is -2.32. The van der Waals surface area contributed by atoms with Crippen molar-refractivity contribution in [1.29, 1.82) is 0 Å². The number of benzene rings is 1. The van der Waals surface area contributed by atoms with E-state index in [2.05, 4.69) is 34.3 Å². The molecule has 0 unspecified atom stereocenters. The maximum absolute atomic E-state index is 12.5. The molecule has 1 N–H and O–H groups in total. The van der Waals surface area contributed by atoms with Crippen LogP contribution in [0.5, 0.6) is 0 Å². The van der Waals surface area contributed by atoms with Crippen molar-refractivity contribution in [1.82, 2.24) is 15.1 Å². The highest BCUT2D eigenvalue weighted by Gasteiger charge is 2.42. The molecule has 1 aromatic rings. The van der Waals surface area contributed by atoms with Gasteiger partial charge in [0.1, 0.15) is 0 Å². The summed E-state index contributed by atoms with van der Waals surface area (Å²) in [4.78, 5) is 17.4. The second kappa shape index (κ2) is 6.85. The smallest absolute Gasteiger partial charge is 0.251 e. The van der Waals surface area contributed by atoms with Gasteiger partial charge in [0.15, 0.2) is 0 Å². The van der Waals surface area contributed by atoms with E-state index in [1.54, 1.807) is 0 Å². The van der Waals surface area contributed by atoms with Crippen molar-refractivity contribution in [3.05, 3.63) is 35.4 Å². The number of hydrogen-bond donors (Lipinski definition) is 1. The van der Waals surface area contributed by atoms with Gasteiger partial charge in [-0.25, -0.2) is 0 Å². The normalized spacial score (nSPS) is 22.8. The molecule has 0 aromatic heterocycles. The monoisotopic (exact) mass is 327 g/mol. The number of rotatable bonds is 6. The van der Waals surface area contributed by atoms with Crippen molar-refractivity contribution >= 4 is 5.91 Å². The molecular formula is C20H29N3O. The summed E-state index contributed by atoms with van der Waals surface area (Å²) in [5, 5.41) is 3.31. The molecule has 0 spiro atoms. The Kier molecular flexibility index (Phi) is 4.59. The predicted octanol–water partition coefficient (Wildman–Crippen LogP) is 2.35. The maximum atomic E-state index is 12.5. The summed E-state index contributed by atoms with van der Waals surface area (Å²) in [6.45, 7) is 5.53. The number of amides is 1. The molecule has 2 aliphatic carbocycles. The van der Waals surface area contributed by atoms with Gasteiger partial charge < -0.3 is 10.2 Å². The van der Waals surface area contributed by atoms with Gasteiger partial charge in [0.05, 0.1) is 0 Å². The lowest BCUT2D eigenvalue weighted by molar-refractivity contribution is 0.0926. The van der Waals surface area contributed by atoms with Crippen molar-refractivity contribution in [2.45, 2.75) is 38.3 Å². The zero-order valence-corrected chi connectivity index (χ0v) is 14.7. The molecule has 2 saturated carbocycles. The van der Waals surface area contributed by atoms with E-state index in [1.807, 2.05) is 12.1 Å². The molecule has 4 rings (SSSR count). The highest BCUT2D eigenvalue weighted by atomic mass is 16.1. The summed E-state index contributed by atoms with van der Waals surface area (Å²) >= 11 is 0. The molecule has 1 heterocycles. The summed E-state index contributed by atoms with van der Waals surface area (Å²) in [6, 6.07) is 8.67. The molecule has 1 amide bonds. The molecule has 4 heteroatoms. The fraction of sp³-hybridized carbons (Fsp3) is 0.650. The molecule has 3 aliphatic rings. The van der Waals surface area contributed by atoms with E-state index < -0.39 is 0 Å². The van der Waals surface area contributed by atoms with Crippen LogP contribution >= 0.6 is 0 Å². The van der Waals surface area contributed by atoms with Crippen molar-refractivity contribution < 1.29 is 4.79 Å². The fourth-order valence-electron chi connectivity index (χ4n) is 3.79. The Balaban J connectivity index is 1.32. The third kappa shape index (κ3) is 3.98. The quantitative estimate of drug-likeness (QED) is 0.871. The van der Waals surface area contributed by atoms with Crippen LogP contribution in [-0.2, 0) is 6.54 Å². The van der Waals surface area contributed by atoms with Gasteiger partial charge in [-0.3, -0.25) is 9.69 Å². The van der Waals surface area contributed by atoms with E-state index >= 15 is 0 Å². The number of nitrogens with one attached hydrogen (secondary N) is 1. The van der Waals surface area contributed by atoms with Gasteiger partial charge in [0.25, 0.3) is 5.91 Å². The van der Waals surface area contributed by atoms with E-state index in [9.17, 15) is 4.79 Å². The SMILES string of the molecule is CN1CCN(Cc2ccc(C(=O)NC(C3CC3)C3CC3)cc2)CC1. The first-order chi connectivity index (χ1) is 11.7. The highest BCUT2D eigenvalue weighted by Crippen LogP contribution is 2.44. The van der Waals surface area contributed by atoms with Crippen LogP contribution in [0.15, 0.2) is 24.3 Å². The number of nitrogens with zero attached hydrogens (tertiary/aromatic N) is 2. The van der Waals surface area contributed by atoms with Crippen LogP contribution in [0.25, 0.3) is 0 Å². The second-order valence-electron chi connectivity index (χ2n) is 7.95. The van der Waals surface area contributed by atoms with Crippen LogP contribution in [0.4, 0.5) is 0 Å². The molecule has 1 aromatic carbocycles. The van der Waals surface area contributed by atoms with Gasteiger partial charge in [-0.15, -0.1) is 0 Å². The van der Waals surface area contributed by atoms with Gasteiger partial charge in [0, 0.05) is 44.3 Å². The van der Waals surface area contributed by atoms with Crippen LogP contribution in [-0.4, -0.2) is 55.0 Å². The van der Waals surface area contributed by atoms with E-state index in [1.165, 1.54) is 31.2 Å². The van der Waals surface area contributed by atoms with Crippen molar-refractivity contribution in [2.24, 2.45) is 11.8 Å². The summed E-state index contributed by atoms with van der Waals surface area (Å²) in [7, 11) is 2.18. The van der Waals surface area contributed by atoms with Crippen LogP contribution in [0.3, 0.4) is 0 Å². The topological polar surface area (TPSA) is 35.6 Å². The highest BCUT2D eigenvalue weighted by molar-refractivity contribution is 5.94. The molecule has 3 fully saturated rings. The van der Waals surface area contributed by atoms with Gasteiger partial charge in [0.2, 0.25) is 0 Å². The lowest BCUT2D eigenvalue weighted by Crippen LogP contribution is -2.43. The Labute approximate surface area is 145 Å². The zero-order valence-electron chi connectivity index (χ0n) is 14.7. The number of hydrogen-bond acceptors (Lipinski definition) is 3. The Morgan fingerprint density at radius 1 is 1.04 bits per heavy atom. The minimum Gasteiger partial charge on any atom is -0.349 e. The maximum Gasteiger partial charge on any atom is 0.251 e. The Morgan fingerprint density at radius 3 is 2.17 bits per heavy atom. The van der Waals surface area contributed by atoms with Gasteiger partial charge in [-0.2, -0.15) is 0 Å². The minimum atomic E-state index is 0.116. The van der Waals surface area contributed by atoms with Crippen LogP contribution in [0.2, 0.25) is 0 Å². The first-order valence-corrected chi connectivity index (χ1v) is 9.50. The first kappa shape index (κ1) is 16.1. The van der Waals surface area contributed by atoms with Gasteiger partial charge in [-0.05, 0) is 62.3 Å². The minimum absolute atomic E-state index is 0.116. The Morgan fingerprint density at radius 2 is 1.62 bits per heavy atom. The molecule has 1 aliphatic heterocycles. The van der Waals surface area contributed by atoms with Crippen molar-refractivity contribution in [3.63, 3.8) is 0 Å². The molecule has 0 bridgehead atoms. The molecule has 1 saturated heterocycles. The number of carbonyl (C=O) groups is 1. The zero-order chi connectivity index (χ0) is 16.5. The van der Waals surface area contributed by atoms with Gasteiger partial charge >= 0.3 is 0 Å². The Bertz CT molecular complexity index is 557. The average Bonchev–Trinajstić information content (AvgIpc) is 3.48. The van der Waals surface area contributed by atoms with E-state index in [-0.39, 0.29) is 5.91 Å². The number of likely N-dealkylation sites (N-methyl/N-ethyl adjacent to an activating group) is 1. The summed E-state index contributed by atoms with van der Waals surface area (Å²) in [5.74, 6) is 1.61. The van der Waals surface area contributed by atoms with Gasteiger partial charge in [-0.1, -0.05) is 12.1 Å². The van der Waals surface area contributed by atoms with Crippen molar-refractivity contribution in [3.8, 4) is 0 Å². The Hall–Kier alpha value is -1.39. The molecule has 4 nitrogen and oxygen atoms in total. The largest absolute Gasteiger partial charge is 0.349 e. The average molecular weight is 327 g/mol. The first-order valence-electron chi connectivity index (χ1n) is 9.50. The molecule has 0 radical (unpaired) electrons. The fourth-order valence-corrected chi connectivity index (χ4v) is 3.79. The second-order valence-corrected chi connectivity index (χ2v) is 7.95. The van der Waals surface area contributed by atoms with E-state index in [0.717, 1.165) is 50.1 Å². The van der Waals surface area contributed by atoms with Crippen LogP contribution in [0.1, 0.15) is 41.6 Å². The lowest BCUT2D eigenvalue weighted by atomic mass is 10.1. The molecule has 0 atom stereocenters. The molecular weight excluding hydrogens is 298 g/mol.